The second kappa shape index (κ2) is 3.87. The molecule has 2 rings (SSSR count). The zero-order valence-electron chi connectivity index (χ0n) is 7.63. The number of benzene rings is 1. The number of rotatable bonds is 2. The van der Waals surface area contributed by atoms with Crippen molar-refractivity contribution in [3.05, 3.63) is 58.6 Å². The predicted molar refractivity (Wildman–Crippen MR) is 55.6 cm³/mol. The summed E-state index contributed by atoms with van der Waals surface area (Å²) in [5.74, 6) is -0.876. The Hall–Kier alpha value is -1.61. The normalized spacial score (nSPS) is 10.3. The molecule has 0 aliphatic heterocycles. The number of carbonyl (C=O) groups excluding carboxylic acids is 1. The summed E-state index contributed by atoms with van der Waals surface area (Å²) in [6.45, 7) is 0. The smallest absolute Gasteiger partial charge is 0.196 e. The molecule has 0 spiro atoms. The van der Waals surface area contributed by atoms with Crippen molar-refractivity contribution < 1.29 is 9.18 Å². The molecular weight excluding hydrogens is 217 g/mol. The van der Waals surface area contributed by atoms with E-state index in [2.05, 4.69) is 4.98 Å². The molecule has 0 bridgehead atoms. The van der Waals surface area contributed by atoms with E-state index in [1.54, 1.807) is 18.5 Å². The van der Waals surface area contributed by atoms with E-state index in [0.29, 0.717) is 5.56 Å². The Morgan fingerprint density at radius 2 is 2.13 bits per heavy atom. The van der Waals surface area contributed by atoms with Crippen molar-refractivity contribution in [2.75, 3.05) is 0 Å². The second-order valence-electron chi connectivity index (χ2n) is 3.03. The van der Waals surface area contributed by atoms with Crippen LogP contribution in [0.5, 0.6) is 0 Å². The molecule has 4 heteroatoms. The molecule has 0 amide bonds. The van der Waals surface area contributed by atoms with Crippen molar-refractivity contribution in [3.8, 4) is 0 Å². The number of halogens is 2. The van der Waals surface area contributed by atoms with Gasteiger partial charge in [0, 0.05) is 23.5 Å². The lowest BCUT2D eigenvalue weighted by molar-refractivity contribution is 0.103. The minimum Gasteiger partial charge on any atom is -0.367 e. The fourth-order valence-electron chi connectivity index (χ4n) is 1.30. The molecule has 0 aliphatic rings. The maximum absolute atomic E-state index is 13.1. The maximum Gasteiger partial charge on any atom is 0.196 e. The molecule has 0 aliphatic carbocycles. The van der Waals surface area contributed by atoms with Crippen LogP contribution in [0.2, 0.25) is 5.02 Å². The monoisotopic (exact) mass is 223 g/mol. The number of carbonyl (C=O) groups is 1. The molecule has 0 unspecified atom stereocenters. The number of hydrogen-bond donors (Lipinski definition) is 1. The molecule has 0 fully saturated rings. The molecule has 1 aromatic carbocycles. The molecule has 2 nitrogen and oxygen atoms in total. The molecule has 2 aromatic rings. The van der Waals surface area contributed by atoms with E-state index in [0.717, 1.165) is 0 Å². The van der Waals surface area contributed by atoms with E-state index in [4.69, 9.17) is 11.6 Å². The third-order valence-corrected chi connectivity index (χ3v) is 2.44. The van der Waals surface area contributed by atoms with Crippen LogP contribution in [0.3, 0.4) is 0 Å². The lowest BCUT2D eigenvalue weighted by Gasteiger charge is -2.01. The summed E-state index contributed by atoms with van der Waals surface area (Å²) >= 11 is 5.70. The summed E-state index contributed by atoms with van der Waals surface area (Å²) in [5.41, 5.74) is 0.638. The van der Waals surface area contributed by atoms with Gasteiger partial charge in [0.2, 0.25) is 0 Å². The number of aromatic nitrogens is 1. The average Bonchev–Trinajstić information content (AvgIpc) is 2.74. The van der Waals surface area contributed by atoms with Gasteiger partial charge in [-0.3, -0.25) is 4.79 Å². The van der Waals surface area contributed by atoms with E-state index < -0.39 is 5.82 Å². The summed E-state index contributed by atoms with van der Waals surface area (Å²) in [4.78, 5) is 14.6. The van der Waals surface area contributed by atoms with Crippen LogP contribution in [-0.2, 0) is 0 Å². The molecule has 1 N–H and O–H groups in total. The summed E-state index contributed by atoms with van der Waals surface area (Å²) in [6, 6.07) is 5.79. The number of ketones is 1. The highest BCUT2D eigenvalue weighted by Crippen LogP contribution is 2.22. The first-order valence-electron chi connectivity index (χ1n) is 4.31. The average molecular weight is 224 g/mol. The third kappa shape index (κ3) is 1.78. The first kappa shape index (κ1) is 9.93. The van der Waals surface area contributed by atoms with Crippen LogP contribution in [0, 0.1) is 5.82 Å². The SMILES string of the molecule is O=C(c1cc[nH]c1)c1cccc(F)c1Cl. The minimum absolute atomic E-state index is 0.135. The Bertz CT molecular complexity index is 493. The lowest BCUT2D eigenvalue weighted by atomic mass is 10.1. The van der Waals surface area contributed by atoms with Crippen LogP contribution >= 0.6 is 11.6 Å². The van der Waals surface area contributed by atoms with Gasteiger partial charge in [-0.15, -0.1) is 0 Å². The van der Waals surface area contributed by atoms with Crippen molar-refractivity contribution in [1.82, 2.24) is 4.98 Å². The van der Waals surface area contributed by atoms with Gasteiger partial charge in [0.15, 0.2) is 5.78 Å². The van der Waals surface area contributed by atoms with Gasteiger partial charge in [0.1, 0.15) is 5.82 Å². The van der Waals surface area contributed by atoms with Crippen LogP contribution in [0.1, 0.15) is 15.9 Å². The van der Waals surface area contributed by atoms with E-state index in [-0.39, 0.29) is 16.4 Å². The van der Waals surface area contributed by atoms with Crippen LogP contribution in [0.15, 0.2) is 36.7 Å². The topological polar surface area (TPSA) is 32.9 Å². The Labute approximate surface area is 90.7 Å². The van der Waals surface area contributed by atoms with E-state index in [1.165, 1.54) is 18.2 Å². The van der Waals surface area contributed by atoms with Crippen LogP contribution < -0.4 is 0 Å². The van der Waals surface area contributed by atoms with Gasteiger partial charge in [-0.05, 0) is 18.2 Å². The molecule has 15 heavy (non-hydrogen) atoms. The molecule has 0 saturated heterocycles. The van der Waals surface area contributed by atoms with Crippen LogP contribution in [-0.4, -0.2) is 10.8 Å². The minimum atomic E-state index is -0.585. The third-order valence-electron chi connectivity index (χ3n) is 2.06. The van der Waals surface area contributed by atoms with Crippen molar-refractivity contribution in [2.24, 2.45) is 0 Å². The number of aromatic amines is 1. The zero-order chi connectivity index (χ0) is 10.8. The van der Waals surface area contributed by atoms with Crippen LogP contribution in [0.25, 0.3) is 0 Å². The zero-order valence-corrected chi connectivity index (χ0v) is 8.38. The highest BCUT2D eigenvalue weighted by molar-refractivity contribution is 6.35. The van der Waals surface area contributed by atoms with Gasteiger partial charge in [-0.2, -0.15) is 0 Å². The molecule has 0 atom stereocenters. The predicted octanol–water partition coefficient (Wildman–Crippen LogP) is 3.04. The fraction of sp³-hybridized carbons (Fsp3) is 0. The molecular formula is C11H7ClFNO. The standard InChI is InChI=1S/C11H7ClFNO/c12-10-8(2-1-3-9(10)13)11(15)7-4-5-14-6-7/h1-6,14H. The summed E-state index contributed by atoms with van der Waals surface area (Å²) in [5, 5.41) is -0.135. The van der Waals surface area contributed by atoms with Gasteiger partial charge in [0.25, 0.3) is 0 Å². The Morgan fingerprint density at radius 1 is 1.33 bits per heavy atom. The Kier molecular flexibility index (Phi) is 2.56. The maximum atomic E-state index is 13.1. The molecule has 1 aromatic heterocycles. The summed E-state index contributed by atoms with van der Waals surface area (Å²) in [7, 11) is 0. The van der Waals surface area contributed by atoms with Crippen molar-refractivity contribution in [1.29, 1.82) is 0 Å². The fourth-order valence-corrected chi connectivity index (χ4v) is 1.51. The summed E-state index contributed by atoms with van der Waals surface area (Å²) < 4.78 is 13.1. The molecule has 1 heterocycles. The van der Waals surface area contributed by atoms with Gasteiger partial charge < -0.3 is 4.98 Å². The quantitative estimate of drug-likeness (QED) is 0.780. The Morgan fingerprint density at radius 3 is 2.80 bits per heavy atom. The van der Waals surface area contributed by atoms with Crippen molar-refractivity contribution in [2.45, 2.75) is 0 Å². The first-order valence-corrected chi connectivity index (χ1v) is 4.69. The van der Waals surface area contributed by atoms with Crippen molar-refractivity contribution in [3.63, 3.8) is 0 Å². The lowest BCUT2D eigenvalue weighted by Crippen LogP contribution is -2.01. The number of hydrogen-bond acceptors (Lipinski definition) is 1. The van der Waals surface area contributed by atoms with E-state index in [9.17, 15) is 9.18 Å². The highest BCUT2D eigenvalue weighted by Gasteiger charge is 2.15. The Balaban J connectivity index is 2.47. The summed E-state index contributed by atoms with van der Waals surface area (Å²) in [6.07, 6.45) is 3.17. The molecule has 0 saturated carbocycles. The molecule has 76 valence electrons. The van der Waals surface area contributed by atoms with Gasteiger partial charge in [-0.1, -0.05) is 17.7 Å². The first-order chi connectivity index (χ1) is 7.20. The van der Waals surface area contributed by atoms with Gasteiger partial charge in [-0.25, -0.2) is 4.39 Å². The van der Waals surface area contributed by atoms with Crippen molar-refractivity contribution >= 4 is 17.4 Å². The van der Waals surface area contributed by atoms with E-state index >= 15 is 0 Å². The van der Waals surface area contributed by atoms with E-state index in [1.807, 2.05) is 0 Å². The molecule has 0 radical (unpaired) electrons. The second-order valence-corrected chi connectivity index (χ2v) is 3.41. The highest BCUT2D eigenvalue weighted by atomic mass is 35.5. The number of H-pyrrole nitrogens is 1. The number of nitrogens with one attached hydrogen (secondary N) is 1. The van der Waals surface area contributed by atoms with Gasteiger partial charge >= 0.3 is 0 Å². The largest absolute Gasteiger partial charge is 0.367 e. The van der Waals surface area contributed by atoms with Gasteiger partial charge in [0.05, 0.1) is 5.02 Å². The van der Waals surface area contributed by atoms with Crippen LogP contribution in [0.4, 0.5) is 4.39 Å².